The Labute approximate surface area is 98.7 Å². The highest BCUT2D eigenvalue weighted by Gasteiger charge is 2.53. The van der Waals surface area contributed by atoms with E-state index in [0.29, 0.717) is 0 Å². The van der Waals surface area contributed by atoms with Crippen LogP contribution in [0.1, 0.15) is 40.5 Å². The van der Waals surface area contributed by atoms with E-state index in [4.69, 9.17) is 0 Å². The molecule has 0 aromatic rings. The maximum atomic E-state index is 12.3. The van der Waals surface area contributed by atoms with Gasteiger partial charge in [0.2, 0.25) is 10.0 Å². The van der Waals surface area contributed by atoms with Gasteiger partial charge in [-0.15, -0.1) is 0 Å². The molecule has 1 fully saturated rings. The SMILES string of the molecule is CN(C(CO)C(C)(C)C)S(=O)(=O)C1(C)CC1. The molecule has 0 aromatic heterocycles. The smallest absolute Gasteiger partial charge is 0.219 e. The van der Waals surface area contributed by atoms with Crippen molar-refractivity contribution in [3.8, 4) is 0 Å². The molecule has 0 aromatic carbocycles. The zero-order valence-corrected chi connectivity index (χ0v) is 11.6. The first-order valence-corrected chi connectivity index (χ1v) is 7.09. The molecule has 4 nitrogen and oxygen atoms in total. The van der Waals surface area contributed by atoms with E-state index in [9.17, 15) is 13.5 Å². The van der Waals surface area contributed by atoms with Gasteiger partial charge >= 0.3 is 0 Å². The quantitative estimate of drug-likeness (QED) is 0.814. The Morgan fingerprint density at radius 2 is 1.81 bits per heavy atom. The fourth-order valence-electron chi connectivity index (χ4n) is 1.88. The van der Waals surface area contributed by atoms with Crippen LogP contribution in [0.25, 0.3) is 0 Å². The summed E-state index contributed by atoms with van der Waals surface area (Å²) in [5, 5.41) is 9.38. The van der Waals surface area contributed by atoms with Gasteiger partial charge in [0.1, 0.15) is 0 Å². The molecule has 1 atom stereocenters. The summed E-state index contributed by atoms with van der Waals surface area (Å²) in [5.74, 6) is 0. The summed E-state index contributed by atoms with van der Waals surface area (Å²) in [7, 11) is -1.71. The first-order valence-electron chi connectivity index (χ1n) is 5.65. The minimum Gasteiger partial charge on any atom is -0.395 e. The van der Waals surface area contributed by atoms with E-state index in [1.807, 2.05) is 20.8 Å². The second-order valence-corrected chi connectivity index (χ2v) is 8.55. The molecule has 0 heterocycles. The third-order valence-electron chi connectivity index (χ3n) is 3.57. The Hall–Kier alpha value is -0.130. The summed E-state index contributed by atoms with van der Waals surface area (Å²) in [6, 6.07) is -0.366. The van der Waals surface area contributed by atoms with E-state index < -0.39 is 14.8 Å². The molecule has 0 radical (unpaired) electrons. The predicted molar refractivity (Wildman–Crippen MR) is 64.7 cm³/mol. The van der Waals surface area contributed by atoms with Crippen LogP contribution >= 0.6 is 0 Å². The summed E-state index contributed by atoms with van der Waals surface area (Å²) in [5.41, 5.74) is -0.262. The number of aliphatic hydroxyl groups excluding tert-OH is 1. The molecule has 5 heteroatoms. The van der Waals surface area contributed by atoms with E-state index in [-0.39, 0.29) is 18.1 Å². The van der Waals surface area contributed by atoms with Crippen LogP contribution in [-0.2, 0) is 10.0 Å². The highest BCUT2D eigenvalue weighted by atomic mass is 32.2. The summed E-state index contributed by atoms with van der Waals surface area (Å²) in [6.45, 7) is 7.45. The predicted octanol–water partition coefficient (Wildman–Crippen LogP) is 1.21. The highest BCUT2D eigenvalue weighted by Crippen LogP contribution is 2.45. The van der Waals surface area contributed by atoms with E-state index in [2.05, 4.69) is 0 Å². The zero-order chi connectivity index (χ0) is 12.8. The number of sulfonamides is 1. The molecular weight excluding hydrogens is 226 g/mol. The molecule has 1 aliphatic carbocycles. The number of likely N-dealkylation sites (N-methyl/N-ethyl adjacent to an activating group) is 1. The molecule has 0 aliphatic heterocycles. The third-order valence-corrected chi connectivity index (χ3v) is 6.23. The molecule has 1 aliphatic rings. The van der Waals surface area contributed by atoms with Gasteiger partial charge in [0.05, 0.1) is 17.4 Å². The van der Waals surface area contributed by atoms with Gasteiger partial charge < -0.3 is 5.11 Å². The topological polar surface area (TPSA) is 57.6 Å². The molecule has 96 valence electrons. The second kappa shape index (κ2) is 3.96. The molecule has 0 bridgehead atoms. The zero-order valence-electron chi connectivity index (χ0n) is 10.8. The maximum Gasteiger partial charge on any atom is 0.219 e. The van der Waals surface area contributed by atoms with Crippen LogP contribution in [0.4, 0.5) is 0 Å². The van der Waals surface area contributed by atoms with Crippen LogP contribution in [0.3, 0.4) is 0 Å². The molecule has 1 saturated carbocycles. The lowest BCUT2D eigenvalue weighted by molar-refractivity contribution is 0.114. The van der Waals surface area contributed by atoms with Crippen LogP contribution in [-0.4, -0.2) is 42.3 Å². The van der Waals surface area contributed by atoms with Crippen molar-refractivity contribution < 1.29 is 13.5 Å². The third kappa shape index (κ3) is 2.26. The molecule has 1 rings (SSSR count). The van der Waals surface area contributed by atoms with Gasteiger partial charge in [0, 0.05) is 7.05 Å². The van der Waals surface area contributed by atoms with Gasteiger partial charge in [-0.2, -0.15) is 4.31 Å². The maximum absolute atomic E-state index is 12.3. The number of rotatable bonds is 4. The molecule has 0 saturated heterocycles. The van der Waals surface area contributed by atoms with Crippen molar-refractivity contribution in [2.75, 3.05) is 13.7 Å². The van der Waals surface area contributed by atoms with Gasteiger partial charge in [-0.25, -0.2) is 8.42 Å². The molecule has 0 amide bonds. The molecular formula is C11H23NO3S. The van der Waals surface area contributed by atoms with E-state index in [0.717, 1.165) is 12.8 Å². The van der Waals surface area contributed by atoms with Crippen molar-refractivity contribution in [3.63, 3.8) is 0 Å². The number of aliphatic hydroxyl groups is 1. The summed E-state index contributed by atoms with van der Waals surface area (Å²) in [4.78, 5) is 0. The van der Waals surface area contributed by atoms with Gasteiger partial charge in [-0.3, -0.25) is 0 Å². The van der Waals surface area contributed by atoms with Gasteiger partial charge in [0.25, 0.3) is 0 Å². The average Bonchev–Trinajstić information content (AvgIpc) is 2.83. The largest absolute Gasteiger partial charge is 0.395 e. The standard InChI is InChI=1S/C11H23NO3S/c1-10(2,3)9(8-13)12(5)16(14,15)11(4)6-7-11/h9,13H,6-8H2,1-5H3. The summed E-state index contributed by atoms with van der Waals surface area (Å²) < 4.78 is 25.3. The average molecular weight is 249 g/mol. The molecule has 1 unspecified atom stereocenters. The summed E-state index contributed by atoms with van der Waals surface area (Å²) >= 11 is 0. The van der Waals surface area contributed by atoms with Gasteiger partial charge in [-0.1, -0.05) is 20.8 Å². The fourth-order valence-corrected chi connectivity index (χ4v) is 3.91. The lowest BCUT2D eigenvalue weighted by Crippen LogP contribution is -2.50. The number of hydrogen-bond acceptors (Lipinski definition) is 3. The van der Waals surface area contributed by atoms with Crippen molar-refractivity contribution in [1.29, 1.82) is 0 Å². The Balaban J connectivity index is 2.97. The Morgan fingerprint density at radius 3 is 2.06 bits per heavy atom. The van der Waals surface area contributed by atoms with Crippen LogP contribution in [0.5, 0.6) is 0 Å². The fraction of sp³-hybridized carbons (Fsp3) is 1.00. The van der Waals surface area contributed by atoms with Crippen molar-refractivity contribution in [2.24, 2.45) is 5.41 Å². The molecule has 16 heavy (non-hydrogen) atoms. The lowest BCUT2D eigenvalue weighted by Gasteiger charge is -2.37. The molecule has 1 N–H and O–H groups in total. The first kappa shape index (κ1) is 13.9. The monoisotopic (exact) mass is 249 g/mol. The normalized spacial score (nSPS) is 22.2. The van der Waals surface area contributed by atoms with E-state index in [1.54, 1.807) is 14.0 Å². The Morgan fingerprint density at radius 1 is 1.38 bits per heavy atom. The highest BCUT2D eigenvalue weighted by molar-refractivity contribution is 7.90. The van der Waals surface area contributed by atoms with Crippen molar-refractivity contribution >= 4 is 10.0 Å². The van der Waals surface area contributed by atoms with Crippen LogP contribution in [0.15, 0.2) is 0 Å². The number of hydrogen-bond donors (Lipinski definition) is 1. The van der Waals surface area contributed by atoms with Gasteiger partial charge in [0.15, 0.2) is 0 Å². The number of nitrogens with zero attached hydrogens (tertiary/aromatic N) is 1. The first-order chi connectivity index (χ1) is 7.06. The van der Waals surface area contributed by atoms with Crippen LogP contribution in [0, 0.1) is 5.41 Å². The Bertz CT molecular complexity index is 352. The van der Waals surface area contributed by atoms with Crippen molar-refractivity contribution in [2.45, 2.75) is 51.3 Å². The Kier molecular flexibility index (Phi) is 3.45. The van der Waals surface area contributed by atoms with Crippen LogP contribution < -0.4 is 0 Å². The second-order valence-electron chi connectivity index (χ2n) is 6.04. The van der Waals surface area contributed by atoms with E-state index >= 15 is 0 Å². The lowest BCUT2D eigenvalue weighted by atomic mass is 9.87. The van der Waals surface area contributed by atoms with Crippen molar-refractivity contribution in [3.05, 3.63) is 0 Å². The van der Waals surface area contributed by atoms with Crippen LogP contribution in [0.2, 0.25) is 0 Å². The van der Waals surface area contributed by atoms with E-state index in [1.165, 1.54) is 4.31 Å². The van der Waals surface area contributed by atoms with Crippen molar-refractivity contribution in [1.82, 2.24) is 4.31 Å². The molecule has 0 spiro atoms. The van der Waals surface area contributed by atoms with Gasteiger partial charge in [-0.05, 0) is 25.2 Å². The minimum atomic E-state index is -3.29. The summed E-state index contributed by atoms with van der Waals surface area (Å²) in [6.07, 6.45) is 1.45. The minimum absolute atomic E-state index is 0.144.